The van der Waals surface area contributed by atoms with Gasteiger partial charge in [0.2, 0.25) is 0 Å². The smallest absolute Gasteiger partial charge is 0.184 e. The van der Waals surface area contributed by atoms with Crippen LogP contribution in [0.2, 0.25) is 0 Å². The highest BCUT2D eigenvalue weighted by Crippen LogP contribution is 2.37. The standard InChI is InChI=1S/C29H32O6S/c1-2-36(30)29-27(32-19-22-14-8-4-9-15-22)26(31-18-21-12-6-3-7-13-21)25-24(34-29)20-33-28(35-25)23-16-10-5-11-17-23/h3-17,24-29H,2,18-20H2,1H3/t24-,25+,26-,27+,28+,29+,36-/m0/s1. The molecule has 0 aliphatic carbocycles. The van der Waals surface area contributed by atoms with Crippen molar-refractivity contribution in [2.24, 2.45) is 0 Å². The van der Waals surface area contributed by atoms with E-state index in [1.807, 2.05) is 97.9 Å². The van der Waals surface area contributed by atoms with Crippen molar-refractivity contribution in [1.82, 2.24) is 0 Å². The molecule has 2 heterocycles. The fraction of sp³-hybridized carbons (Fsp3) is 0.379. The van der Waals surface area contributed by atoms with Crippen LogP contribution in [0.5, 0.6) is 0 Å². The SMILES string of the molecule is CC[S@](=O)[C@H]1O[C@H]2CO[C@@H](c3ccccc3)O[C@H]2[C@H](OCc2ccccc2)[C@H]1OCc1ccccc1. The zero-order chi connectivity index (χ0) is 24.7. The maximum Gasteiger partial charge on any atom is 0.184 e. The number of benzene rings is 3. The maximum atomic E-state index is 13.1. The van der Waals surface area contributed by atoms with Gasteiger partial charge < -0.3 is 23.7 Å². The first-order chi connectivity index (χ1) is 17.7. The molecule has 2 aliphatic rings. The highest BCUT2D eigenvalue weighted by atomic mass is 32.2. The van der Waals surface area contributed by atoms with Crippen LogP contribution < -0.4 is 0 Å². The van der Waals surface area contributed by atoms with Crippen molar-refractivity contribution < 1.29 is 27.9 Å². The summed E-state index contributed by atoms with van der Waals surface area (Å²) >= 11 is 0. The number of hydrogen-bond acceptors (Lipinski definition) is 6. The van der Waals surface area contributed by atoms with Gasteiger partial charge >= 0.3 is 0 Å². The molecule has 3 aromatic rings. The number of fused-ring (bicyclic) bond motifs is 1. The molecule has 0 radical (unpaired) electrons. The molecule has 3 aromatic carbocycles. The van der Waals surface area contributed by atoms with Crippen molar-refractivity contribution in [2.75, 3.05) is 12.4 Å². The minimum Gasteiger partial charge on any atom is -0.368 e. The molecule has 5 rings (SSSR count). The summed E-state index contributed by atoms with van der Waals surface area (Å²) in [6.07, 6.45) is -2.48. The van der Waals surface area contributed by atoms with Crippen molar-refractivity contribution in [3.8, 4) is 0 Å². The first-order valence-corrected chi connectivity index (χ1v) is 13.8. The average molecular weight is 509 g/mol. The third-order valence-corrected chi connectivity index (χ3v) is 7.94. The Kier molecular flexibility index (Phi) is 8.59. The molecule has 190 valence electrons. The summed E-state index contributed by atoms with van der Waals surface area (Å²) in [6, 6.07) is 29.8. The Balaban J connectivity index is 1.43. The van der Waals surface area contributed by atoms with Crippen LogP contribution in [-0.2, 0) is 47.7 Å². The molecule has 0 unspecified atom stereocenters. The zero-order valence-electron chi connectivity index (χ0n) is 20.3. The lowest BCUT2D eigenvalue weighted by Crippen LogP contribution is -2.64. The monoisotopic (exact) mass is 508 g/mol. The van der Waals surface area contributed by atoms with Gasteiger partial charge in [0.25, 0.3) is 0 Å². The summed E-state index contributed by atoms with van der Waals surface area (Å²) in [6.45, 7) is 2.94. The molecule has 0 N–H and O–H groups in total. The van der Waals surface area contributed by atoms with Crippen LogP contribution in [0.1, 0.15) is 29.9 Å². The molecule has 0 saturated carbocycles. The molecule has 2 aliphatic heterocycles. The van der Waals surface area contributed by atoms with E-state index in [1.54, 1.807) is 0 Å². The average Bonchev–Trinajstić information content (AvgIpc) is 2.95. The van der Waals surface area contributed by atoms with E-state index in [2.05, 4.69) is 0 Å². The predicted molar refractivity (Wildman–Crippen MR) is 137 cm³/mol. The lowest BCUT2D eigenvalue weighted by atomic mass is 9.98. The van der Waals surface area contributed by atoms with Crippen molar-refractivity contribution in [3.05, 3.63) is 108 Å². The Morgan fingerprint density at radius 1 is 0.778 bits per heavy atom. The van der Waals surface area contributed by atoms with E-state index >= 15 is 0 Å². The maximum absolute atomic E-state index is 13.1. The molecule has 2 saturated heterocycles. The van der Waals surface area contributed by atoms with Crippen LogP contribution >= 0.6 is 0 Å². The van der Waals surface area contributed by atoms with Crippen molar-refractivity contribution in [3.63, 3.8) is 0 Å². The summed E-state index contributed by atoms with van der Waals surface area (Å²) in [4.78, 5) is 0. The van der Waals surface area contributed by atoms with Crippen LogP contribution in [0.15, 0.2) is 91.0 Å². The van der Waals surface area contributed by atoms with Gasteiger partial charge in [0.15, 0.2) is 11.7 Å². The number of hydrogen-bond donors (Lipinski definition) is 0. The topological polar surface area (TPSA) is 63.2 Å². The second-order valence-electron chi connectivity index (χ2n) is 8.91. The van der Waals surface area contributed by atoms with Gasteiger partial charge in [-0.3, -0.25) is 4.21 Å². The van der Waals surface area contributed by atoms with E-state index in [4.69, 9.17) is 23.7 Å². The Hall–Kier alpha value is -2.39. The van der Waals surface area contributed by atoms with Crippen molar-refractivity contribution >= 4 is 10.8 Å². The van der Waals surface area contributed by atoms with Gasteiger partial charge in [-0.2, -0.15) is 0 Å². The van der Waals surface area contributed by atoms with Gasteiger partial charge in [0.05, 0.1) is 30.6 Å². The normalized spacial score (nSPS) is 28.8. The minimum absolute atomic E-state index is 0.318. The third kappa shape index (κ3) is 5.94. The molecule has 0 spiro atoms. The molecule has 36 heavy (non-hydrogen) atoms. The fourth-order valence-corrected chi connectivity index (χ4v) is 5.73. The van der Waals surface area contributed by atoms with E-state index in [1.165, 1.54) is 0 Å². The molecule has 2 fully saturated rings. The Morgan fingerprint density at radius 3 is 1.92 bits per heavy atom. The third-order valence-electron chi connectivity index (χ3n) is 6.47. The first-order valence-electron chi connectivity index (χ1n) is 12.4. The molecule has 0 bridgehead atoms. The molecular formula is C29H32O6S. The second-order valence-corrected chi connectivity index (χ2v) is 10.7. The van der Waals surface area contributed by atoms with E-state index < -0.39 is 46.9 Å². The summed E-state index contributed by atoms with van der Waals surface area (Å²) < 4.78 is 45.0. The Labute approximate surface area is 214 Å². The highest BCUT2D eigenvalue weighted by molar-refractivity contribution is 7.85. The van der Waals surface area contributed by atoms with Crippen LogP contribution in [-0.4, -0.2) is 46.4 Å². The van der Waals surface area contributed by atoms with Gasteiger partial charge in [-0.15, -0.1) is 0 Å². The largest absolute Gasteiger partial charge is 0.368 e. The van der Waals surface area contributed by atoms with Gasteiger partial charge in [0.1, 0.15) is 24.4 Å². The fourth-order valence-electron chi connectivity index (χ4n) is 4.60. The van der Waals surface area contributed by atoms with E-state index in [9.17, 15) is 4.21 Å². The van der Waals surface area contributed by atoms with Gasteiger partial charge in [-0.1, -0.05) is 97.9 Å². The molecule has 7 atom stereocenters. The summed E-state index contributed by atoms with van der Waals surface area (Å²) in [7, 11) is -1.27. The van der Waals surface area contributed by atoms with Gasteiger partial charge in [0, 0.05) is 11.3 Å². The second kappa shape index (κ2) is 12.2. The molecule has 6 nitrogen and oxygen atoms in total. The van der Waals surface area contributed by atoms with E-state index in [-0.39, 0.29) is 0 Å². The van der Waals surface area contributed by atoms with E-state index in [0.29, 0.717) is 25.6 Å². The number of rotatable bonds is 9. The summed E-state index contributed by atoms with van der Waals surface area (Å²) in [5.74, 6) is 0.451. The quantitative estimate of drug-likeness (QED) is 0.415. The van der Waals surface area contributed by atoms with Crippen LogP contribution in [0, 0.1) is 0 Å². The van der Waals surface area contributed by atoms with Crippen molar-refractivity contribution in [2.45, 2.75) is 56.3 Å². The molecule has 0 amide bonds. The van der Waals surface area contributed by atoms with Gasteiger partial charge in [-0.05, 0) is 11.1 Å². The predicted octanol–water partition coefficient (Wildman–Crippen LogP) is 4.76. The zero-order valence-corrected chi connectivity index (χ0v) is 21.1. The molecular weight excluding hydrogens is 476 g/mol. The van der Waals surface area contributed by atoms with Crippen LogP contribution in [0.25, 0.3) is 0 Å². The lowest BCUT2D eigenvalue weighted by molar-refractivity contribution is -0.330. The van der Waals surface area contributed by atoms with Crippen LogP contribution in [0.3, 0.4) is 0 Å². The summed E-state index contributed by atoms with van der Waals surface area (Å²) in [5.41, 5.74) is 2.35. The van der Waals surface area contributed by atoms with Crippen molar-refractivity contribution in [1.29, 1.82) is 0 Å². The van der Waals surface area contributed by atoms with Crippen LogP contribution in [0.4, 0.5) is 0 Å². The number of ether oxygens (including phenoxy) is 5. The highest BCUT2D eigenvalue weighted by Gasteiger charge is 2.52. The lowest BCUT2D eigenvalue weighted by Gasteiger charge is -2.49. The van der Waals surface area contributed by atoms with E-state index in [0.717, 1.165) is 16.7 Å². The molecule has 0 aromatic heterocycles. The molecule has 7 heteroatoms. The summed E-state index contributed by atoms with van der Waals surface area (Å²) in [5, 5.41) is 0. The minimum atomic E-state index is -1.27. The van der Waals surface area contributed by atoms with Gasteiger partial charge in [-0.25, -0.2) is 0 Å². The Bertz CT molecular complexity index is 1100. The first kappa shape index (κ1) is 25.3. The Morgan fingerprint density at radius 2 is 1.33 bits per heavy atom.